The van der Waals surface area contributed by atoms with E-state index in [2.05, 4.69) is 37.6 Å². The van der Waals surface area contributed by atoms with Gasteiger partial charge in [-0.05, 0) is 30.5 Å². The van der Waals surface area contributed by atoms with Gasteiger partial charge in [-0.15, -0.1) is 5.10 Å². The van der Waals surface area contributed by atoms with Gasteiger partial charge in [-0.1, -0.05) is 30.3 Å². The van der Waals surface area contributed by atoms with Crippen LogP contribution in [0.25, 0.3) is 0 Å². The first-order valence-electron chi connectivity index (χ1n) is 9.73. The number of aromatic nitrogens is 4. The minimum atomic E-state index is -0.873. The molecule has 5 rings (SSSR count). The number of anilines is 1. The van der Waals surface area contributed by atoms with Gasteiger partial charge in [0, 0.05) is 13.2 Å². The Morgan fingerprint density at radius 3 is 2.80 bits per heavy atom. The molecule has 0 saturated heterocycles. The Morgan fingerprint density at radius 1 is 1.23 bits per heavy atom. The van der Waals surface area contributed by atoms with Crippen molar-refractivity contribution in [3.05, 3.63) is 65.9 Å². The second-order valence-electron chi connectivity index (χ2n) is 7.52. The van der Waals surface area contributed by atoms with Crippen molar-refractivity contribution in [3.63, 3.8) is 0 Å². The van der Waals surface area contributed by atoms with Crippen molar-refractivity contribution in [2.75, 3.05) is 18.6 Å². The second-order valence-corrected chi connectivity index (χ2v) is 7.52. The van der Waals surface area contributed by atoms with E-state index in [1.54, 1.807) is 25.4 Å². The van der Waals surface area contributed by atoms with E-state index in [0.717, 1.165) is 18.4 Å². The molecule has 0 spiro atoms. The van der Waals surface area contributed by atoms with Gasteiger partial charge in [-0.25, -0.2) is 9.97 Å². The summed E-state index contributed by atoms with van der Waals surface area (Å²) in [4.78, 5) is 35.5. The maximum absolute atomic E-state index is 12.8. The maximum atomic E-state index is 12.8. The van der Waals surface area contributed by atoms with Crippen LogP contribution in [0.2, 0.25) is 0 Å². The van der Waals surface area contributed by atoms with Crippen LogP contribution in [0.3, 0.4) is 0 Å². The van der Waals surface area contributed by atoms with Gasteiger partial charge in [-0.2, -0.15) is 0 Å². The van der Waals surface area contributed by atoms with Crippen LogP contribution < -0.4 is 15.0 Å². The molecule has 2 amide bonds. The van der Waals surface area contributed by atoms with Gasteiger partial charge in [0.05, 0.1) is 5.41 Å². The molecule has 2 aromatic heterocycles. The summed E-state index contributed by atoms with van der Waals surface area (Å²) in [6, 6.07) is 12.6. The third kappa shape index (κ3) is 2.99. The molecular formula is C21H20N6O3. The molecule has 1 saturated carbocycles. The number of carbonyl (C=O) groups excluding carboxylic acids is 2. The Balaban J connectivity index is 1.33. The number of fused-ring (bicyclic) bond motifs is 1. The molecule has 1 atom stereocenters. The van der Waals surface area contributed by atoms with Crippen molar-refractivity contribution < 1.29 is 14.3 Å². The molecule has 30 heavy (non-hydrogen) atoms. The first-order valence-corrected chi connectivity index (χ1v) is 9.73. The molecule has 1 aliphatic carbocycles. The Kier molecular flexibility index (Phi) is 4.23. The summed E-state index contributed by atoms with van der Waals surface area (Å²) in [6.45, 7) is -0.00115. The predicted octanol–water partition coefficient (Wildman–Crippen LogP) is 1.43. The summed E-state index contributed by atoms with van der Waals surface area (Å²) in [6.07, 6.45) is 3.47. The van der Waals surface area contributed by atoms with Crippen molar-refractivity contribution in [1.82, 2.24) is 25.5 Å². The average molecular weight is 404 g/mol. The van der Waals surface area contributed by atoms with Gasteiger partial charge in [0.2, 0.25) is 5.82 Å². The van der Waals surface area contributed by atoms with Crippen LogP contribution in [0.4, 0.5) is 5.82 Å². The first kappa shape index (κ1) is 18.3. The summed E-state index contributed by atoms with van der Waals surface area (Å²) in [7, 11) is 1.60. The summed E-state index contributed by atoms with van der Waals surface area (Å²) in [5, 5.41) is 9.69. The van der Waals surface area contributed by atoms with E-state index in [9.17, 15) is 9.59 Å². The van der Waals surface area contributed by atoms with Crippen molar-refractivity contribution >= 4 is 17.6 Å². The number of nitrogens with one attached hydrogen (secondary N) is 2. The van der Waals surface area contributed by atoms with Crippen LogP contribution in [0.1, 0.15) is 34.8 Å². The standard InChI is InChI=1S/C21H20N6O3/c1-27-17-15(8-5-11-22-17)30-12-14(19(27)29)23-18(28)16-24-20(26-25-16)21(9-10-21)13-6-3-2-4-7-13/h2-8,11,14H,9-10,12H2,1H3,(H,23,28)(H,24,25,26). The predicted molar refractivity (Wildman–Crippen MR) is 107 cm³/mol. The number of H-pyrrole nitrogens is 1. The number of hydrogen-bond donors (Lipinski definition) is 2. The SMILES string of the molecule is CN1C(=O)C(NC(=O)c2n[nH]c(C3(c4ccccc4)CC3)n2)COc2cccnc21. The highest BCUT2D eigenvalue weighted by Crippen LogP contribution is 2.51. The Morgan fingerprint density at radius 2 is 2.03 bits per heavy atom. The normalized spacial score (nSPS) is 19.4. The van der Waals surface area contributed by atoms with E-state index in [4.69, 9.17) is 4.74 Å². The Labute approximate surface area is 172 Å². The van der Waals surface area contributed by atoms with Gasteiger partial charge >= 0.3 is 0 Å². The van der Waals surface area contributed by atoms with E-state index >= 15 is 0 Å². The van der Waals surface area contributed by atoms with Crippen LogP contribution in [-0.2, 0) is 10.2 Å². The molecule has 152 valence electrons. The number of ether oxygens (including phenoxy) is 1. The number of hydrogen-bond acceptors (Lipinski definition) is 6. The maximum Gasteiger partial charge on any atom is 0.291 e. The zero-order valence-corrected chi connectivity index (χ0v) is 16.3. The van der Waals surface area contributed by atoms with Gasteiger partial charge in [-0.3, -0.25) is 19.6 Å². The van der Waals surface area contributed by atoms with E-state index < -0.39 is 11.9 Å². The number of benzene rings is 1. The molecule has 9 nitrogen and oxygen atoms in total. The average Bonchev–Trinajstić information content (AvgIpc) is 3.47. The number of nitrogens with zero attached hydrogens (tertiary/aromatic N) is 4. The van der Waals surface area contributed by atoms with Gasteiger partial charge in [0.1, 0.15) is 18.5 Å². The Hall–Kier alpha value is -3.75. The van der Waals surface area contributed by atoms with Crippen LogP contribution in [-0.4, -0.2) is 51.7 Å². The lowest BCUT2D eigenvalue weighted by atomic mass is 9.95. The van der Waals surface area contributed by atoms with Gasteiger partial charge < -0.3 is 10.1 Å². The first-order chi connectivity index (χ1) is 14.6. The fourth-order valence-electron chi connectivity index (χ4n) is 3.78. The third-order valence-corrected chi connectivity index (χ3v) is 5.63. The molecule has 1 aliphatic heterocycles. The smallest absolute Gasteiger partial charge is 0.291 e. The fraction of sp³-hybridized carbons (Fsp3) is 0.286. The monoisotopic (exact) mass is 404 g/mol. The summed E-state index contributed by atoms with van der Waals surface area (Å²) in [5.41, 5.74) is 0.925. The van der Waals surface area contributed by atoms with Gasteiger partial charge in [0.15, 0.2) is 11.6 Å². The van der Waals surface area contributed by atoms with Crippen molar-refractivity contribution in [2.24, 2.45) is 0 Å². The molecule has 9 heteroatoms. The lowest BCUT2D eigenvalue weighted by molar-refractivity contribution is -0.120. The van der Waals surface area contributed by atoms with E-state index in [1.165, 1.54) is 4.90 Å². The van der Waals surface area contributed by atoms with Crippen molar-refractivity contribution in [2.45, 2.75) is 24.3 Å². The van der Waals surface area contributed by atoms with E-state index in [0.29, 0.717) is 17.4 Å². The molecular weight excluding hydrogens is 384 g/mol. The van der Waals surface area contributed by atoms with Crippen LogP contribution in [0.5, 0.6) is 5.75 Å². The van der Waals surface area contributed by atoms with E-state index in [-0.39, 0.29) is 23.8 Å². The fourth-order valence-corrected chi connectivity index (χ4v) is 3.78. The second kappa shape index (κ2) is 6.94. The summed E-state index contributed by atoms with van der Waals surface area (Å²) < 4.78 is 5.68. The largest absolute Gasteiger partial charge is 0.487 e. The molecule has 0 radical (unpaired) electrons. The number of amides is 2. The number of likely N-dealkylation sites (N-methyl/N-ethyl adjacent to an activating group) is 1. The lowest BCUT2D eigenvalue weighted by Crippen LogP contribution is -2.49. The summed E-state index contributed by atoms with van der Waals surface area (Å²) >= 11 is 0. The molecule has 2 N–H and O–H groups in total. The topological polar surface area (TPSA) is 113 Å². The van der Waals surface area contributed by atoms with E-state index in [1.807, 2.05) is 18.2 Å². The highest BCUT2D eigenvalue weighted by molar-refractivity contribution is 6.01. The quantitative estimate of drug-likeness (QED) is 0.680. The molecule has 1 aromatic carbocycles. The molecule has 1 unspecified atom stereocenters. The minimum absolute atomic E-state index is 0.00115. The van der Waals surface area contributed by atoms with Crippen molar-refractivity contribution in [1.29, 1.82) is 0 Å². The summed E-state index contributed by atoms with van der Waals surface area (Å²) in [5.74, 6) is 0.718. The minimum Gasteiger partial charge on any atom is -0.487 e. The van der Waals surface area contributed by atoms with Gasteiger partial charge in [0.25, 0.3) is 11.8 Å². The zero-order valence-electron chi connectivity index (χ0n) is 16.3. The molecule has 2 aliphatic rings. The van der Waals surface area contributed by atoms with Crippen LogP contribution in [0.15, 0.2) is 48.7 Å². The molecule has 1 fully saturated rings. The number of pyridine rings is 1. The van der Waals surface area contributed by atoms with Crippen LogP contribution in [0, 0.1) is 0 Å². The molecule has 3 heterocycles. The Bertz CT molecular complexity index is 1110. The van der Waals surface area contributed by atoms with Crippen molar-refractivity contribution in [3.8, 4) is 5.75 Å². The zero-order chi connectivity index (χ0) is 20.7. The molecule has 0 bridgehead atoms. The number of rotatable bonds is 4. The third-order valence-electron chi connectivity index (χ3n) is 5.63. The van der Waals surface area contributed by atoms with Crippen LogP contribution >= 0.6 is 0 Å². The highest BCUT2D eigenvalue weighted by Gasteiger charge is 2.49. The highest BCUT2D eigenvalue weighted by atomic mass is 16.5. The number of carbonyl (C=O) groups is 2. The lowest BCUT2D eigenvalue weighted by Gasteiger charge is -2.19. The number of aromatic amines is 1. The molecule has 3 aromatic rings.